The molecule has 0 radical (unpaired) electrons. The summed E-state index contributed by atoms with van der Waals surface area (Å²) in [4.78, 5) is 25.3. The van der Waals surface area contributed by atoms with E-state index in [1.54, 1.807) is 28.8 Å². The van der Waals surface area contributed by atoms with Crippen LogP contribution >= 0.6 is 11.8 Å². The van der Waals surface area contributed by atoms with Crippen LogP contribution in [0.2, 0.25) is 0 Å². The Balaban J connectivity index is 1.69. The van der Waals surface area contributed by atoms with Crippen LogP contribution in [0.25, 0.3) is 0 Å². The lowest BCUT2D eigenvalue weighted by molar-refractivity contribution is -0.146. The molecule has 1 aromatic carbocycles. The summed E-state index contributed by atoms with van der Waals surface area (Å²) < 4.78 is 5.61. The van der Waals surface area contributed by atoms with Crippen molar-refractivity contribution in [2.24, 2.45) is 0 Å². The molecule has 2 saturated heterocycles. The molecule has 19 heavy (non-hydrogen) atoms. The zero-order valence-electron chi connectivity index (χ0n) is 10.7. The molecule has 1 aromatic rings. The van der Waals surface area contributed by atoms with Gasteiger partial charge in [0.25, 0.3) is 0 Å². The van der Waals surface area contributed by atoms with Gasteiger partial charge in [-0.3, -0.25) is 4.79 Å². The molecule has 0 spiro atoms. The van der Waals surface area contributed by atoms with Gasteiger partial charge in [-0.15, -0.1) is 11.8 Å². The number of hydrogen-bond acceptors (Lipinski definition) is 4. The third-order valence-corrected chi connectivity index (χ3v) is 5.03. The summed E-state index contributed by atoms with van der Waals surface area (Å²) in [5, 5.41) is 0.288. The van der Waals surface area contributed by atoms with Gasteiger partial charge in [-0.1, -0.05) is 18.2 Å². The minimum atomic E-state index is -0.593. The van der Waals surface area contributed by atoms with Crippen molar-refractivity contribution < 1.29 is 14.3 Å². The molecule has 3 rings (SSSR count). The first-order chi connectivity index (χ1) is 9.07. The lowest BCUT2D eigenvalue weighted by atomic mass is 10.0. The number of amides is 1. The molecule has 2 heterocycles. The summed E-state index contributed by atoms with van der Waals surface area (Å²) in [6, 6.07) is 8.95. The van der Waals surface area contributed by atoms with E-state index in [1.165, 1.54) is 0 Å². The molecule has 2 aliphatic heterocycles. The third kappa shape index (κ3) is 2.34. The average molecular weight is 277 g/mol. The fourth-order valence-electron chi connectivity index (χ4n) is 2.36. The standard InChI is InChI=1S/C14H15NO3S/c1-14(8-15-11(16)7-12(15)19-9-14)18-13(17)10-5-3-2-4-6-10/h2-6,12H,7-9H2,1H3/t12-,14?/m0/s1. The Labute approximate surface area is 116 Å². The second-order valence-electron chi connectivity index (χ2n) is 5.20. The van der Waals surface area contributed by atoms with Crippen molar-refractivity contribution in [3.8, 4) is 0 Å². The van der Waals surface area contributed by atoms with Crippen molar-refractivity contribution in [2.75, 3.05) is 12.3 Å². The van der Waals surface area contributed by atoms with Crippen LogP contribution < -0.4 is 0 Å². The van der Waals surface area contributed by atoms with Gasteiger partial charge in [0.2, 0.25) is 5.91 Å². The number of carbonyl (C=O) groups excluding carboxylic acids is 2. The van der Waals surface area contributed by atoms with E-state index in [4.69, 9.17) is 4.74 Å². The second-order valence-corrected chi connectivity index (χ2v) is 6.36. The topological polar surface area (TPSA) is 46.6 Å². The van der Waals surface area contributed by atoms with E-state index in [-0.39, 0.29) is 17.3 Å². The molecule has 4 nitrogen and oxygen atoms in total. The van der Waals surface area contributed by atoms with E-state index in [0.29, 0.717) is 18.5 Å². The van der Waals surface area contributed by atoms with E-state index in [2.05, 4.69) is 0 Å². The van der Waals surface area contributed by atoms with Crippen molar-refractivity contribution in [3.63, 3.8) is 0 Å². The van der Waals surface area contributed by atoms with Crippen LogP contribution in [0.4, 0.5) is 0 Å². The Morgan fingerprint density at radius 1 is 1.42 bits per heavy atom. The molecule has 1 unspecified atom stereocenters. The van der Waals surface area contributed by atoms with E-state index in [9.17, 15) is 9.59 Å². The van der Waals surface area contributed by atoms with Gasteiger partial charge >= 0.3 is 5.97 Å². The number of nitrogens with zero attached hydrogens (tertiary/aromatic N) is 1. The quantitative estimate of drug-likeness (QED) is 0.612. The summed E-state index contributed by atoms with van der Waals surface area (Å²) in [6.07, 6.45) is 0.618. The number of ether oxygens (including phenoxy) is 1. The molecule has 0 aliphatic carbocycles. The highest BCUT2D eigenvalue weighted by atomic mass is 32.2. The molecular formula is C14H15NO3S. The molecule has 1 amide bonds. The van der Waals surface area contributed by atoms with Crippen molar-refractivity contribution in [1.29, 1.82) is 0 Å². The predicted molar refractivity (Wildman–Crippen MR) is 72.8 cm³/mol. The Hall–Kier alpha value is -1.49. The molecule has 5 heteroatoms. The number of thioether (sulfide) groups is 1. The zero-order valence-corrected chi connectivity index (χ0v) is 11.5. The largest absolute Gasteiger partial charge is 0.453 e. The Morgan fingerprint density at radius 3 is 2.84 bits per heavy atom. The lowest BCUT2D eigenvalue weighted by Gasteiger charge is -2.49. The van der Waals surface area contributed by atoms with Gasteiger partial charge in [0.1, 0.15) is 5.60 Å². The number of fused-ring (bicyclic) bond motifs is 1. The molecule has 2 atom stereocenters. The molecule has 0 saturated carbocycles. The molecule has 0 N–H and O–H groups in total. The number of β-lactam (4-membered cyclic amide) rings is 1. The normalized spacial score (nSPS) is 29.4. The van der Waals surface area contributed by atoms with Crippen LogP contribution in [-0.2, 0) is 9.53 Å². The first-order valence-electron chi connectivity index (χ1n) is 6.27. The molecule has 100 valence electrons. The van der Waals surface area contributed by atoms with Crippen molar-refractivity contribution in [2.45, 2.75) is 24.3 Å². The second kappa shape index (κ2) is 4.56. The molecular weight excluding hydrogens is 262 g/mol. The third-order valence-electron chi connectivity index (χ3n) is 3.45. The van der Waals surface area contributed by atoms with Crippen LogP contribution in [0.1, 0.15) is 23.7 Å². The maximum atomic E-state index is 12.1. The Morgan fingerprint density at radius 2 is 2.16 bits per heavy atom. The fourth-order valence-corrected chi connectivity index (χ4v) is 3.69. The maximum absolute atomic E-state index is 12.1. The van der Waals surface area contributed by atoms with Gasteiger partial charge in [-0.2, -0.15) is 0 Å². The molecule has 0 aromatic heterocycles. The number of carbonyl (C=O) groups is 2. The van der Waals surface area contributed by atoms with E-state index < -0.39 is 5.60 Å². The van der Waals surface area contributed by atoms with Crippen LogP contribution in [0.3, 0.4) is 0 Å². The van der Waals surface area contributed by atoms with Crippen molar-refractivity contribution in [3.05, 3.63) is 35.9 Å². The monoisotopic (exact) mass is 277 g/mol. The van der Waals surface area contributed by atoms with E-state index >= 15 is 0 Å². The van der Waals surface area contributed by atoms with Gasteiger partial charge in [-0.25, -0.2) is 4.79 Å². The minimum absolute atomic E-state index is 0.152. The number of hydrogen-bond donors (Lipinski definition) is 0. The summed E-state index contributed by atoms with van der Waals surface area (Å²) in [5.74, 6) is 0.564. The summed E-state index contributed by atoms with van der Waals surface area (Å²) >= 11 is 1.69. The highest BCUT2D eigenvalue weighted by Crippen LogP contribution is 2.39. The van der Waals surface area contributed by atoms with Crippen molar-refractivity contribution >= 4 is 23.6 Å². The maximum Gasteiger partial charge on any atom is 0.338 e. The summed E-state index contributed by atoms with van der Waals surface area (Å²) in [6.45, 7) is 2.39. The van der Waals surface area contributed by atoms with Gasteiger partial charge in [0, 0.05) is 5.75 Å². The molecule has 0 bridgehead atoms. The van der Waals surface area contributed by atoms with E-state index in [0.717, 1.165) is 5.75 Å². The van der Waals surface area contributed by atoms with Gasteiger partial charge in [0.05, 0.1) is 23.9 Å². The first-order valence-corrected chi connectivity index (χ1v) is 7.32. The van der Waals surface area contributed by atoms with Crippen molar-refractivity contribution in [1.82, 2.24) is 4.90 Å². The van der Waals surface area contributed by atoms with Crippen LogP contribution in [-0.4, -0.2) is 40.0 Å². The summed E-state index contributed by atoms with van der Waals surface area (Å²) in [5.41, 5.74) is -0.0461. The Kier molecular flexibility index (Phi) is 3.01. The Bertz CT molecular complexity index is 519. The highest BCUT2D eigenvalue weighted by Gasteiger charge is 2.47. The smallest absolute Gasteiger partial charge is 0.338 e. The summed E-state index contributed by atoms with van der Waals surface area (Å²) in [7, 11) is 0. The van der Waals surface area contributed by atoms with Gasteiger partial charge in [-0.05, 0) is 19.1 Å². The van der Waals surface area contributed by atoms with Crippen LogP contribution in [0.15, 0.2) is 30.3 Å². The van der Waals surface area contributed by atoms with Gasteiger partial charge < -0.3 is 9.64 Å². The van der Waals surface area contributed by atoms with E-state index in [1.807, 2.05) is 25.1 Å². The van der Waals surface area contributed by atoms with Gasteiger partial charge in [0.15, 0.2) is 0 Å². The predicted octanol–water partition coefficient (Wildman–Crippen LogP) is 1.91. The molecule has 2 fully saturated rings. The zero-order chi connectivity index (χ0) is 13.5. The first kappa shape index (κ1) is 12.5. The number of esters is 1. The minimum Gasteiger partial charge on any atom is -0.453 e. The fraction of sp³-hybridized carbons (Fsp3) is 0.429. The SMILES string of the molecule is CC1(OC(=O)c2ccccc2)CS[C@H]2CC(=O)N2C1. The van der Waals surface area contributed by atoms with Crippen LogP contribution in [0.5, 0.6) is 0 Å². The number of benzene rings is 1. The number of rotatable bonds is 2. The average Bonchev–Trinajstić information content (AvgIpc) is 2.41. The molecule has 2 aliphatic rings. The van der Waals surface area contributed by atoms with Crippen LogP contribution in [0, 0.1) is 0 Å². The highest BCUT2D eigenvalue weighted by molar-refractivity contribution is 8.00. The lowest BCUT2D eigenvalue weighted by Crippen LogP contribution is -2.62.